The lowest BCUT2D eigenvalue weighted by Gasteiger charge is -2.41. The molecule has 2 rings (SSSR count). The highest BCUT2D eigenvalue weighted by molar-refractivity contribution is 6.48. The second-order valence-electron chi connectivity index (χ2n) is 13.7. The van der Waals surface area contributed by atoms with Crippen LogP contribution in [0.1, 0.15) is 112 Å². The number of ether oxygens (including phenoxy) is 4. The van der Waals surface area contributed by atoms with Crippen molar-refractivity contribution < 1.29 is 28.2 Å². The number of benzene rings is 1. The molecule has 1 saturated heterocycles. The summed E-state index contributed by atoms with van der Waals surface area (Å²) in [7, 11) is -0.990. The third-order valence-electron chi connectivity index (χ3n) is 6.46. The number of unbranched alkanes of at least 4 members (excludes halogenated alkanes) is 4. The molecule has 1 unspecified atom stereocenters. The minimum atomic E-state index is -1.06. The third kappa shape index (κ3) is 12.4. The van der Waals surface area contributed by atoms with Crippen molar-refractivity contribution in [2.24, 2.45) is 5.41 Å². The molecule has 1 aliphatic rings. The van der Waals surface area contributed by atoms with Gasteiger partial charge in [0.2, 0.25) is 9.04 Å². The molecule has 1 radical (unpaired) electrons. The highest BCUT2D eigenvalue weighted by Gasteiger charge is 2.41. The van der Waals surface area contributed by atoms with Crippen LogP contribution in [0, 0.1) is 17.3 Å². The van der Waals surface area contributed by atoms with E-state index >= 15 is 0 Å². The fourth-order valence-corrected chi connectivity index (χ4v) is 5.29. The molecule has 0 bridgehead atoms. The Morgan fingerprint density at radius 1 is 1.05 bits per heavy atom. The van der Waals surface area contributed by atoms with E-state index in [2.05, 4.69) is 64.0 Å². The van der Waals surface area contributed by atoms with Gasteiger partial charge >= 0.3 is 6.09 Å². The summed E-state index contributed by atoms with van der Waals surface area (Å²) in [6.45, 7) is 23.3. The first-order valence-electron chi connectivity index (χ1n) is 15.0. The Hall–Kier alpha value is -2.05. The molecule has 0 aromatic heterocycles. The van der Waals surface area contributed by atoms with E-state index < -0.39 is 32.1 Å². The van der Waals surface area contributed by atoms with E-state index in [1.54, 1.807) is 0 Å². The smallest absolute Gasteiger partial charge is 0.409 e. The minimum absolute atomic E-state index is 0.149. The molecule has 0 aliphatic carbocycles. The second kappa shape index (κ2) is 14.9. The molecule has 1 aromatic carbocycles. The van der Waals surface area contributed by atoms with Crippen LogP contribution >= 0.6 is 0 Å². The predicted octanol–water partition coefficient (Wildman–Crippen LogP) is 7.79. The van der Waals surface area contributed by atoms with E-state index in [0.29, 0.717) is 6.61 Å². The minimum Gasteiger partial charge on any atom is -0.493 e. The highest BCUT2D eigenvalue weighted by atomic mass is 28.3. The largest absolute Gasteiger partial charge is 0.493 e. The van der Waals surface area contributed by atoms with Crippen molar-refractivity contribution >= 4 is 15.1 Å². The van der Waals surface area contributed by atoms with Gasteiger partial charge in [-0.3, -0.25) is 0 Å². The van der Waals surface area contributed by atoms with Crippen molar-refractivity contribution in [3.63, 3.8) is 0 Å². The van der Waals surface area contributed by atoms with Crippen molar-refractivity contribution in [2.75, 3.05) is 19.8 Å². The van der Waals surface area contributed by atoms with Crippen molar-refractivity contribution in [1.29, 1.82) is 0 Å². The molecule has 7 nitrogen and oxygen atoms in total. The van der Waals surface area contributed by atoms with Gasteiger partial charge in [0.05, 0.1) is 25.9 Å². The zero-order chi connectivity index (χ0) is 30.9. The molecule has 1 aromatic rings. The molecular formula is C33H54NO6Si. The summed E-state index contributed by atoms with van der Waals surface area (Å²) in [5.74, 6) is 6.61. The molecule has 1 fully saturated rings. The lowest BCUT2D eigenvalue weighted by atomic mass is 9.84. The number of hydrogen-bond donors (Lipinski definition) is 1. The van der Waals surface area contributed by atoms with E-state index in [0.717, 1.165) is 29.7 Å². The van der Waals surface area contributed by atoms with E-state index in [9.17, 15) is 4.79 Å². The Balaban J connectivity index is 2.43. The molecule has 8 heteroatoms. The molecule has 231 valence electrons. The molecule has 1 amide bonds. The number of rotatable bonds is 11. The maximum atomic E-state index is 12.7. The van der Waals surface area contributed by atoms with Gasteiger partial charge in [0.25, 0.3) is 0 Å². The summed E-state index contributed by atoms with van der Waals surface area (Å²) in [5.41, 5.74) is -0.0618. The van der Waals surface area contributed by atoms with Crippen LogP contribution in [0.4, 0.5) is 4.79 Å². The quantitative estimate of drug-likeness (QED) is 0.162. The Bertz CT molecular complexity index is 1030. The van der Waals surface area contributed by atoms with Gasteiger partial charge in [-0.2, -0.15) is 0 Å². The van der Waals surface area contributed by atoms with Gasteiger partial charge in [-0.25, -0.2) is 4.79 Å². The van der Waals surface area contributed by atoms with E-state index in [-0.39, 0.29) is 24.7 Å². The molecule has 0 spiro atoms. The van der Waals surface area contributed by atoms with Crippen LogP contribution in [0.5, 0.6) is 5.75 Å². The number of nitrogens with one attached hydrogen (secondary N) is 1. The summed E-state index contributed by atoms with van der Waals surface area (Å²) < 4.78 is 30.2. The molecule has 41 heavy (non-hydrogen) atoms. The average Bonchev–Trinajstić information content (AvgIpc) is 2.84. The van der Waals surface area contributed by atoms with Gasteiger partial charge in [0, 0.05) is 11.1 Å². The number of hydrogen-bond acceptors (Lipinski definition) is 6. The highest BCUT2D eigenvalue weighted by Crippen LogP contribution is 2.41. The number of amides is 1. The topological polar surface area (TPSA) is 75.3 Å². The fraction of sp³-hybridized carbons (Fsp3) is 0.727. The summed E-state index contributed by atoms with van der Waals surface area (Å²) in [4.78, 5) is 12.7. The van der Waals surface area contributed by atoms with E-state index in [1.165, 1.54) is 19.3 Å². The average molecular weight is 589 g/mol. The number of carbonyl (C=O) groups excluding carboxylic acids is 1. The Kier molecular flexibility index (Phi) is 12.8. The van der Waals surface area contributed by atoms with Gasteiger partial charge in [-0.15, -0.1) is 0 Å². The first-order chi connectivity index (χ1) is 19.0. The predicted molar refractivity (Wildman–Crippen MR) is 166 cm³/mol. The Labute approximate surface area is 251 Å². The van der Waals surface area contributed by atoms with E-state index in [4.69, 9.17) is 23.4 Å². The van der Waals surface area contributed by atoms with Gasteiger partial charge in [-0.1, -0.05) is 65.2 Å². The van der Waals surface area contributed by atoms with Crippen LogP contribution in [0.15, 0.2) is 18.2 Å². The van der Waals surface area contributed by atoms with Gasteiger partial charge in [0.1, 0.15) is 11.4 Å². The number of carbonyl (C=O) groups is 1. The van der Waals surface area contributed by atoms with Crippen LogP contribution in [-0.2, 0) is 18.6 Å². The van der Waals surface area contributed by atoms with Gasteiger partial charge in [-0.05, 0) is 77.7 Å². The Morgan fingerprint density at radius 2 is 1.68 bits per heavy atom. The van der Waals surface area contributed by atoms with Gasteiger partial charge in [0.15, 0.2) is 11.3 Å². The molecule has 1 heterocycles. The summed E-state index contributed by atoms with van der Waals surface area (Å²) in [6, 6.07) is 6.02. The van der Waals surface area contributed by atoms with Crippen molar-refractivity contribution in [3.05, 3.63) is 29.3 Å². The lowest BCUT2D eigenvalue weighted by Crippen LogP contribution is -2.60. The monoisotopic (exact) mass is 588 g/mol. The van der Waals surface area contributed by atoms with Crippen molar-refractivity contribution in [3.8, 4) is 17.6 Å². The summed E-state index contributed by atoms with van der Waals surface area (Å²) >= 11 is 0. The SMILES string of the molecule is CCCCCCCOc1ccc(C#CC2(NC(=O)OC(C)(C)C)COC(C)(C)OC2)cc1C(O[Si](C)C)C(C)(C)C. The molecule has 1 N–H and O–H groups in total. The maximum Gasteiger partial charge on any atom is 0.409 e. The molecule has 0 saturated carbocycles. The van der Waals surface area contributed by atoms with Crippen LogP contribution in [-0.4, -0.2) is 51.9 Å². The summed E-state index contributed by atoms with van der Waals surface area (Å²) in [6.07, 6.45) is 5.18. The van der Waals surface area contributed by atoms with Crippen LogP contribution in [0.2, 0.25) is 13.1 Å². The first-order valence-corrected chi connectivity index (χ1v) is 17.4. The van der Waals surface area contributed by atoms with Crippen molar-refractivity contribution in [1.82, 2.24) is 5.32 Å². The molecular weight excluding hydrogens is 534 g/mol. The van der Waals surface area contributed by atoms with Crippen LogP contribution < -0.4 is 10.1 Å². The standard InChI is InChI=1S/C33H54NO6Si/c1-12-13-14-15-16-21-36-27-18-17-25(22-26(27)28(30(2,3)4)40-41(10)11)19-20-33(23-37-32(8,9)38-24-33)34-29(35)39-31(5,6)7/h17-18,22,28H,12-16,21,23-24H2,1-11H3,(H,34,35). The molecule has 1 atom stereocenters. The lowest BCUT2D eigenvalue weighted by molar-refractivity contribution is -0.262. The normalized spacial score (nSPS) is 17.4. The number of alkyl carbamates (subject to hydrolysis) is 1. The fourth-order valence-electron chi connectivity index (χ4n) is 4.34. The van der Waals surface area contributed by atoms with Crippen molar-refractivity contribution in [2.45, 2.75) is 131 Å². The van der Waals surface area contributed by atoms with Crippen LogP contribution in [0.3, 0.4) is 0 Å². The van der Waals surface area contributed by atoms with Crippen LogP contribution in [0.25, 0.3) is 0 Å². The maximum absolute atomic E-state index is 12.7. The molecule has 1 aliphatic heterocycles. The second-order valence-corrected chi connectivity index (χ2v) is 15.8. The first kappa shape index (κ1) is 35.1. The third-order valence-corrected chi connectivity index (χ3v) is 7.16. The van der Waals surface area contributed by atoms with E-state index in [1.807, 2.05) is 46.8 Å². The zero-order valence-electron chi connectivity index (χ0n) is 27.4. The Morgan fingerprint density at radius 3 is 2.24 bits per heavy atom. The zero-order valence-corrected chi connectivity index (χ0v) is 28.4. The van der Waals surface area contributed by atoms with Gasteiger partial charge < -0.3 is 28.7 Å². The summed E-state index contributed by atoms with van der Waals surface area (Å²) in [5, 5.41) is 2.91.